The Morgan fingerprint density at radius 1 is 1.19 bits per heavy atom. The lowest BCUT2D eigenvalue weighted by Crippen LogP contribution is -2.52. The van der Waals surface area contributed by atoms with Gasteiger partial charge in [-0.25, -0.2) is 13.2 Å². The number of carboxylic acids is 1. The zero-order valence-electron chi connectivity index (χ0n) is 15.4. The standard InChI is InChI=1S/C18H26N2O5S/c1-4-20(5-2)26(24,25)15-12-14(9-8-13(15)3)16(21)19-18(17(22)23)10-6-7-11-18/h8-9,12H,4-7,10-11H2,1-3H3,(H,19,21)(H,22,23). The Hall–Kier alpha value is -1.93. The lowest BCUT2D eigenvalue weighted by atomic mass is 9.97. The van der Waals surface area contributed by atoms with Crippen LogP contribution in [0.15, 0.2) is 23.1 Å². The number of nitrogens with zero attached hydrogens (tertiary/aromatic N) is 1. The van der Waals surface area contributed by atoms with Gasteiger partial charge in [0.25, 0.3) is 5.91 Å². The number of aliphatic carboxylic acids is 1. The largest absolute Gasteiger partial charge is 0.480 e. The summed E-state index contributed by atoms with van der Waals surface area (Å²) in [5.74, 6) is -1.61. The Labute approximate surface area is 154 Å². The van der Waals surface area contributed by atoms with Gasteiger partial charge in [0.1, 0.15) is 5.54 Å². The van der Waals surface area contributed by atoms with E-state index in [1.165, 1.54) is 16.4 Å². The monoisotopic (exact) mass is 382 g/mol. The second-order valence-electron chi connectivity index (χ2n) is 6.62. The van der Waals surface area contributed by atoms with Crippen LogP contribution in [0, 0.1) is 6.92 Å². The quantitative estimate of drug-likeness (QED) is 0.752. The molecule has 2 rings (SSSR count). The molecule has 1 amide bonds. The second kappa shape index (κ2) is 7.75. The van der Waals surface area contributed by atoms with Gasteiger partial charge in [-0.3, -0.25) is 4.79 Å². The van der Waals surface area contributed by atoms with Gasteiger partial charge < -0.3 is 10.4 Å². The SMILES string of the molecule is CCN(CC)S(=O)(=O)c1cc(C(=O)NC2(C(=O)O)CCCC2)ccc1C. The van der Waals surface area contributed by atoms with Gasteiger partial charge in [0.15, 0.2) is 0 Å². The number of sulfonamides is 1. The van der Waals surface area contributed by atoms with Crippen molar-refractivity contribution in [1.29, 1.82) is 0 Å². The molecule has 0 unspecified atom stereocenters. The van der Waals surface area contributed by atoms with E-state index in [2.05, 4.69) is 5.32 Å². The van der Waals surface area contributed by atoms with E-state index in [0.29, 0.717) is 31.5 Å². The number of benzene rings is 1. The number of amides is 1. The van der Waals surface area contributed by atoms with Gasteiger partial charge in [-0.1, -0.05) is 32.8 Å². The summed E-state index contributed by atoms with van der Waals surface area (Å²) < 4.78 is 26.9. The number of nitrogens with one attached hydrogen (secondary N) is 1. The Kier molecular flexibility index (Phi) is 6.08. The summed E-state index contributed by atoms with van der Waals surface area (Å²) in [4.78, 5) is 24.3. The molecule has 1 aromatic carbocycles. The Balaban J connectivity index is 2.37. The zero-order chi connectivity index (χ0) is 19.5. The Morgan fingerprint density at radius 3 is 2.27 bits per heavy atom. The normalized spacial score (nSPS) is 16.6. The summed E-state index contributed by atoms with van der Waals surface area (Å²) in [5, 5.41) is 12.1. The molecular weight excluding hydrogens is 356 g/mol. The van der Waals surface area contributed by atoms with E-state index in [1.54, 1.807) is 26.8 Å². The highest BCUT2D eigenvalue weighted by atomic mass is 32.2. The number of carbonyl (C=O) groups excluding carboxylic acids is 1. The van der Waals surface area contributed by atoms with Crippen LogP contribution in [-0.2, 0) is 14.8 Å². The summed E-state index contributed by atoms with van der Waals surface area (Å²) in [5.41, 5.74) is -0.573. The van der Waals surface area contributed by atoms with Gasteiger partial charge in [-0.05, 0) is 37.5 Å². The lowest BCUT2D eigenvalue weighted by Gasteiger charge is -2.25. The molecule has 1 aliphatic rings. The molecule has 0 heterocycles. The molecule has 8 heteroatoms. The van der Waals surface area contributed by atoms with Crippen molar-refractivity contribution >= 4 is 21.9 Å². The van der Waals surface area contributed by atoms with Crippen molar-refractivity contribution in [2.75, 3.05) is 13.1 Å². The average molecular weight is 382 g/mol. The first-order valence-electron chi connectivity index (χ1n) is 8.84. The van der Waals surface area contributed by atoms with Crippen molar-refractivity contribution in [3.63, 3.8) is 0 Å². The lowest BCUT2D eigenvalue weighted by molar-refractivity contribution is -0.144. The molecule has 0 spiro atoms. The van der Waals surface area contributed by atoms with Crippen molar-refractivity contribution < 1.29 is 23.1 Å². The van der Waals surface area contributed by atoms with Crippen LogP contribution in [0.2, 0.25) is 0 Å². The number of aryl methyl sites for hydroxylation is 1. The molecule has 1 saturated carbocycles. The maximum atomic E-state index is 12.8. The fourth-order valence-electron chi connectivity index (χ4n) is 3.38. The van der Waals surface area contributed by atoms with Gasteiger partial charge in [-0.15, -0.1) is 0 Å². The van der Waals surface area contributed by atoms with E-state index in [0.717, 1.165) is 12.8 Å². The number of carbonyl (C=O) groups is 2. The van der Waals surface area contributed by atoms with Crippen LogP contribution in [-0.4, -0.2) is 48.3 Å². The summed E-state index contributed by atoms with van der Waals surface area (Å²) >= 11 is 0. The van der Waals surface area contributed by atoms with E-state index in [4.69, 9.17) is 0 Å². The highest BCUT2D eigenvalue weighted by Crippen LogP contribution is 2.30. The molecule has 7 nitrogen and oxygen atoms in total. The molecule has 0 aromatic heterocycles. The van der Waals surface area contributed by atoms with Crippen molar-refractivity contribution in [3.8, 4) is 0 Å². The molecule has 1 aliphatic carbocycles. The Bertz CT molecular complexity index is 794. The number of carboxylic acid groups (broad SMARTS) is 1. The van der Waals surface area contributed by atoms with Gasteiger partial charge in [0, 0.05) is 18.7 Å². The van der Waals surface area contributed by atoms with Crippen LogP contribution in [0.1, 0.15) is 55.5 Å². The van der Waals surface area contributed by atoms with Crippen molar-refractivity contribution in [1.82, 2.24) is 9.62 Å². The maximum Gasteiger partial charge on any atom is 0.329 e. The van der Waals surface area contributed by atoms with Gasteiger partial charge in [0.2, 0.25) is 10.0 Å². The zero-order valence-corrected chi connectivity index (χ0v) is 16.2. The summed E-state index contributed by atoms with van der Waals surface area (Å²) in [7, 11) is -3.71. The van der Waals surface area contributed by atoms with Gasteiger partial charge in [-0.2, -0.15) is 4.31 Å². The first-order chi connectivity index (χ1) is 12.2. The number of hydrogen-bond acceptors (Lipinski definition) is 4. The molecule has 0 radical (unpaired) electrons. The van der Waals surface area contributed by atoms with E-state index in [9.17, 15) is 23.1 Å². The minimum absolute atomic E-state index is 0.0737. The third kappa shape index (κ3) is 3.76. The first kappa shape index (κ1) is 20.4. The molecule has 0 aliphatic heterocycles. The highest BCUT2D eigenvalue weighted by Gasteiger charge is 2.42. The van der Waals surface area contributed by atoms with Crippen LogP contribution >= 0.6 is 0 Å². The van der Waals surface area contributed by atoms with Crippen molar-refractivity contribution in [2.24, 2.45) is 0 Å². The summed E-state index contributed by atoms with van der Waals surface area (Å²) in [6, 6.07) is 4.44. The van der Waals surface area contributed by atoms with E-state index >= 15 is 0 Å². The van der Waals surface area contributed by atoms with Crippen LogP contribution in [0.5, 0.6) is 0 Å². The maximum absolute atomic E-state index is 12.8. The van der Waals surface area contributed by atoms with Crippen LogP contribution in [0.4, 0.5) is 0 Å². The Morgan fingerprint density at radius 2 is 1.77 bits per heavy atom. The predicted octanol–water partition coefficient (Wildman–Crippen LogP) is 2.15. The fourth-order valence-corrected chi connectivity index (χ4v) is 5.09. The number of rotatable bonds is 7. The summed E-state index contributed by atoms with van der Waals surface area (Å²) in [6.07, 6.45) is 2.24. The number of hydrogen-bond donors (Lipinski definition) is 2. The molecule has 1 aromatic rings. The topological polar surface area (TPSA) is 104 Å². The predicted molar refractivity (Wildman–Crippen MR) is 97.6 cm³/mol. The molecule has 0 bridgehead atoms. The van der Waals surface area contributed by atoms with E-state index in [-0.39, 0.29) is 10.5 Å². The third-order valence-electron chi connectivity index (χ3n) is 4.99. The van der Waals surface area contributed by atoms with Crippen molar-refractivity contribution in [3.05, 3.63) is 29.3 Å². The van der Waals surface area contributed by atoms with Gasteiger partial charge in [0.05, 0.1) is 4.90 Å². The molecule has 0 saturated heterocycles. The molecule has 26 heavy (non-hydrogen) atoms. The average Bonchev–Trinajstić information content (AvgIpc) is 3.05. The molecule has 1 fully saturated rings. The molecule has 0 atom stereocenters. The van der Waals surface area contributed by atoms with Crippen LogP contribution in [0.25, 0.3) is 0 Å². The molecular formula is C18H26N2O5S. The third-order valence-corrected chi connectivity index (χ3v) is 7.18. The second-order valence-corrected chi connectivity index (χ2v) is 8.52. The first-order valence-corrected chi connectivity index (χ1v) is 10.3. The van der Waals surface area contributed by atoms with Gasteiger partial charge >= 0.3 is 5.97 Å². The fraction of sp³-hybridized carbons (Fsp3) is 0.556. The molecule has 144 valence electrons. The van der Waals surface area contributed by atoms with E-state index < -0.39 is 27.4 Å². The highest BCUT2D eigenvalue weighted by molar-refractivity contribution is 7.89. The molecule has 2 N–H and O–H groups in total. The van der Waals surface area contributed by atoms with Crippen LogP contribution < -0.4 is 5.32 Å². The minimum atomic E-state index is -3.71. The minimum Gasteiger partial charge on any atom is -0.480 e. The summed E-state index contributed by atoms with van der Waals surface area (Å²) in [6.45, 7) is 5.84. The van der Waals surface area contributed by atoms with Crippen LogP contribution in [0.3, 0.4) is 0 Å². The smallest absolute Gasteiger partial charge is 0.329 e. The van der Waals surface area contributed by atoms with Crippen molar-refractivity contribution in [2.45, 2.75) is 56.9 Å². The van der Waals surface area contributed by atoms with E-state index in [1.807, 2.05) is 0 Å².